The average molecular weight is 438 g/mol. The van der Waals surface area contributed by atoms with E-state index in [1.54, 1.807) is 24.3 Å². The molecule has 0 bridgehead atoms. The molecule has 1 fully saturated rings. The molecule has 0 saturated heterocycles. The van der Waals surface area contributed by atoms with Gasteiger partial charge in [-0.1, -0.05) is 24.3 Å². The zero-order chi connectivity index (χ0) is 21.1. The van der Waals surface area contributed by atoms with E-state index >= 15 is 0 Å². The molecule has 2 aromatic rings. The topological polar surface area (TPSA) is 121 Å². The molecule has 1 aliphatic carbocycles. The Labute approximate surface area is 170 Å². The number of anilines is 1. The van der Waals surface area contributed by atoms with Crippen LogP contribution in [0, 0.1) is 5.92 Å². The molecule has 0 radical (unpaired) electrons. The van der Waals surface area contributed by atoms with Crippen LogP contribution in [-0.2, 0) is 26.6 Å². The first-order chi connectivity index (χ1) is 13.6. The van der Waals surface area contributed by atoms with Crippen LogP contribution >= 0.6 is 0 Å². The minimum Gasteiger partial charge on any atom is -0.348 e. The van der Waals surface area contributed by atoms with Crippen LogP contribution in [0.25, 0.3) is 0 Å². The fourth-order valence-electron chi connectivity index (χ4n) is 2.69. The highest BCUT2D eigenvalue weighted by Gasteiger charge is 2.24. The molecule has 0 aromatic heterocycles. The van der Waals surface area contributed by atoms with Crippen molar-refractivity contribution >= 4 is 31.6 Å². The molecule has 156 valence electrons. The molecule has 0 unspecified atom stereocenters. The second kappa shape index (κ2) is 8.52. The monoisotopic (exact) mass is 437 g/mol. The summed E-state index contributed by atoms with van der Waals surface area (Å²) in [6.45, 7) is 0.483. The predicted octanol–water partition coefficient (Wildman–Crippen LogP) is 1.68. The van der Waals surface area contributed by atoms with Crippen molar-refractivity contribution in [3.8, 4) is 0 Å². The van der Waals surface area contributed by atoms with Crippen molar-refractivity contribution in [3.05, 3.63) is 59.7 Å². The third-order valence-electron chi connectivity index (χ3n) is 4.42. The lowest BCUT2D eigenvalue weighted by Gasteiger charge is -2.12. The van der Waals surface area contributed by atoms with E-state index in [9.17, 15) is 21.6 Å². The van der Waals surface area contributed by atoms with Gasteiger partial charge in [0, 0.05) is 18.7 Å². The zero-order valence-corrected chi connectivity index (χ0v) is 17.5. The fraction of sp³-hybridized carbons (Fsp3) is 0.316. The van der Waals surface area contributed by atoms with E-state index in [1.165, 1.54) is 24.3 Å². The Kier molecular flexibility index (Phi) is 6.25. The highest BCUT2D eigenvalue weighted by molar-refractivity contribution is 7.92. The van der Waals surface area contributed by atoms with E-state index < -0.39 is 26.0 Å². The summed E-state index contributed by atoms with van der Waals surface area (Å²) in [6.07, 6.45) is 3.10. The van der Waals surface area contributed by atoms with Gasteiger partial charge in [0.25, 0.3) is 5.91 Å². The van der Waals surface area contributed by atoms with Crippen molar-refractivity contribution < 1.29 is 21.6 Å². The highest BCUT2D eigenvalue weighted by atomic mass is 32.2. The lowest BCUT2D eigenvalue weighted by atomic mass is 10.1. The quantitative estimate of drug-likeness (QED) is 0.551. The van der Waals surface area contributed by atoms with Crippen LogP contribution in [0.2, 0.25) is 0 Å². The second-order valence-corrected chi connectivity index (χ2v) is 10.6. The number of benzene rings is 2. The first kappa shape index (κ1) is 21.3. The Hall–Kier alpha value is -2.43. The number of amides is 1. The van der Waals surface area contributed by atoms with Crippen LogP contribution in [0.5, 0.6) is 0 Å². The van der Waals surface area contributed by atoms with Crippen LogP contribution in [0.15, 0.2) is 53.4 Å². The van der Waals surface area contributed by atoms with Gasteiger partial charge in [-0.15, -0.1) is 0 Å². The van der Waals surface area contributed by atoms with Crippen molar-refractivity contribution in [2.24, 2.45) is 5.92 Å². The predicted molar refractivity (Wildman–Crippen MR) is 110 cm³/mol. The van der Waals surface area contributed by atoms with Crippen LogP contribution in [0.3, 0.4) is 0 Å². The first-order valence-electron chi connectivity index (χ1n) is 9.08. The smallest absolute Gasteiger partial charge is 0.251 e. The Morgan fingerprint density at radius 2 is 1.76 bits per heavy atom. The van der Waals surface area contributed by atoms with Gasteiger partial charge in [0.2, 0.25) is 20.0 Å². The van der Waals surface area contributed by atoms with Gasteiger partial charge >= 0.3 is 0 Å². The Bertz CT molecular complexity index is 1110. The third kappa shape index (κ3) is 6.28. The van der Waals surface area contributed by atoms with Crippen molar-refractivity contribution in [3.63, 3.8) is 0 Å². The lowest BCUT2D eigenvalue weighted by Crippen LogP contribution is -2.27. The second-order valence-electron chi connectivity index (χ2n) is 7.04. The summed E-state index contributed by atoms with van der Waals surface area (Å²) in [5, 5.41) is 2.69. The number of nitrogens with one attached hydrogen (secondary N) is 3. The Morgan fingerprint density at radius 3 is 2.45 bits per heavy atom. The number of hydrogen-bond donors (Lipinski definition) is 3. The van der Waals surface area contributed by atoms with E-state index in [1.807, 2.05) is 0 Å². The SMILES string of the molecule is CS(=O)(=O)Nc1ccccc1CNC(=O)c1cccc(S(=O)(=O)NCC2CC2)c1. The van der Waals surface area contributed by atoms with E-state index in [0.717, 1.165) is 19.1 Å². The summed E-state index contributed by atoms with van der Waals surface area (Å²) >= 11 is 0. The van der Waals surface area contributed by atoms with Crippen molar-refractivity contribution in [2.75, 3.05) is 17.5 Å². The summed E-state index contributed by atoms with van der Waals surface area (Å²) in [5.41, 5.74) is 1.16. The third-order valence-corrected chi connectivity index (χ3v) is 6.43. The zero-order valence-electron chi connectivity index (χ0n) is 15.9. The molecular weight excluding hydrogens is 414 g/mol. The molecular formula is C19H23N3O5S2. The summed E-state index contributed by atoms with van der Waals surface area (Å²) in [7, 11) is -7.13. The number of carbonyl (C=O) groups is 1. The molecule has 3 N–H and O–H groups in total. The highest BCUT2D eigenvalue weighted by Crippen LogP contribution is 2.28. The molecule has 8 nitrogen and oxygen atoms in total. The summed E-state index contributed by atoms with van der Waals surface area (Å²) in [5.74, 6) is -0.0599. The maximum Gasteiger partial charge on any atom is 0.251 e. The van der Waals surface area contributed by atoms with Gasteiger partial charge in [0.1, 0.15) is 0 Å². The normalized spacial score (nSPS) is 14.4. The minimum absolute atomic E-state index is 0.0324. The molecule has 1 aliphatic rings. The standard InChI is InChI=1S/C19H23N3O5S2/c1-28(24,25)22-18-8-3-2-5-16(18)13-20-19(23)15-6-4-7-17(11-15)29(26,27)21-12-14-9-10-14/h2-8,11,14,21-22H,9-10,12-13H2,1H3,(H,20,23). The molecule has 0 heterocycles. The molecule has 1 saturated carbocycles. The Morgan fingerprint density at radius 1 is 1.03 bits per heavy atom. The maximum absolute atomic E-state index is 12.5. The fourth-order valence-corrected chi connectivity index (χ4v) is 4.45. The van der Waals surface area contributed by atoms with E-state index in [2.05, 4.69) is 14.8 Å². The number of hydrogen-bond acceptors (Lipinski definition) is 5. The summed E-state index contributed by atoms with van der Waals surface area (Å²) in [6, 6.07) is 12.5. The number of sulfonamides is 2. The molecule has 29 heavy (non-hydrogen) atoms. The van der Waals surface area contributed by atoms with Crippen molar-refractivity contribution in [2.45, 2.75) is 24.3 Å². The van der Waals surface area contributed by atoms with Gasteiger partial charge in [0.05, 0.1) is 16.8 Å². The van der Waals surface area contributed by atoms with Gasteiger partial charge in [0.15, 0.2) is 0 Å². The van der Waals surface area contributed by atoms with Gasteiger partial charge in [-0.2, -0.15) is 0 Å². The number of rotatable bonds is 9. The molecule has 0 atom stereocenters. The minimum atomic E-state index is -3.67. The van der Waals surface area contributed by atoms with Crippen LogP contribution in [0.1, 0.15) is 28.8 Å². The summed E-state index contributed by atoms with van der Waals surface area (Å²) < 4.78 is 52.7. The van der Waals surface area contributed by atoms with Gasteiger partial charge < -0.3 is 5.32 Å². The van der Waals surface area contributed by atoms with Gasteiger partial charge in [-0.3, -0.25) is 9.52 Å². The van der Waals surface area contributed by atoms with E-state index in [0.29, 0.717) is 23.7 Å². The summed E-state index contributed by atoms with van der Waals surface area (Å²) in [4.78, 5) is 12.5. The van der Waals surface area contributed by atoms with Gasteiger partial charge in [-0.05, 0) is 48.6 Å². The molecule has 0 aliphatic heterocycles. The van der Waals surface area contributed by atoms with E-state index in [4.69, 9.17) is 0 Å². The molecule has 2 aromatic carbocycles. The molecule has 3 rings (SSSR count). The maximum atomic E-state index is 12.5. The van der Waals surface area contributed by atoms with Crippen LogP contribution < -0.4 is 14.8 Å². The number of carbonyl (C=O) groups excluding carboxylic acids is 1. The molecule has 10 heteroatoms. The first-order valence-corrected chi connectivity index (χ1v) is 12.5. The largest absolute Gasteiger partial charge is 0.348 e. The average Bonchev–Trinajstić information content (AvgIpc) is 3.49. The van der Waals surface area contributed by atoms with E-state index in [-0.39, 0.29) is 17.0 Å². The van der Waals surface area contributed by atoms with Crippen LogP contribution in [0.4, 0.5) is 5.69 Å². The lowest BCUT2D eigenvalue weighted by molar-refractivity contribution is 0.0951. The van der Waals surface area contributed by atoms with Crippen molar-refractivity contribution in [1.82, 2.24) is 10.0 Å². The molecule has 0 spiro atoms. The Balaban J connectivity index is 1.69. The molecule has 1 amide bonds. The number of para-hydroxylation sites is 1. The van der Waals surface area contributed by atoms with Crippen molar-refractivity contribution in [1.29, 1.82) is 0 Å². The van der Waals surface area contributed by atoms with Gasteiger partial charge in [-0.25, -0.2) is 21.6 Å². The van der Waals surface area contributed by atoms with Crippen LogP contribution in [-0.4, -0.2) is 35.5 Å².